The van der Waals surface area contributed by atoms with Crippen molar-refractivity contribution in [1.29, 1.82) is 0 Å². The number of aromatic nitrogens is 3. The van der Waals surface area contributed by atoms with Crippen molar-refractivity contribution in [3.05, 3.63) is 46.0 Å². The summed E-state index contributed by atoms with van der Waals surface area (Å²) in [5, 5.41) is 10.7. The number of fused-ring (bicyclic) bond motifs is 1. The van der Waals surface area contributed by atoms with Gasteiger partial charge in [0, 0.05) is 15.8 Å². The number of nitrogens with zero attached hydrogens (tertiary/aromatic N) is 2. The average molecular weight is 272 g/mol. The third-order valence-corrected chi connectivity index (χ3v) is 3.89. The molecule has 0 unspecified atom stereocenters. The van der Waals surface area contributed by atoms with Gasteiger partial charge in [-0.25, -0.2) is 4.98 Å². The standard InChI is InChI=1S/C13H12N4OS/c1-8-12(19-7-15-8)6-14-13(18)9-2-3-10-5-16-17-11(10)4-9/h2-5,7H,6H2,1H3,(H,14,18)(H,16,17). The summed E-state index contributed by atoms with van der Waals surface area (Å²) in [4.78, 5) is 17.3. The van der Waals surface area contributed by atoms with E-state index in [2.05, 4.69) is 20.5 Å². The van der Waals surface area contributed by atoms with Gasteiger partial charge in [-0.2, -0.15) is 5.10 Å². The Hall–Kier alpha value is -2.21. The van der Waals surface area contributed by atoms with Crippen LogP contribution in [0.15, 0.2) is 29.9 Å². The summed E-state index contributed by atoms with van der Waals surface area (Å²) in [5.41, 5.74) is 4.24. The molecule has 0 aliphatic rings. The molecule has 0 bridgehead atoms. The van der Waals surface area contributed by atoms with Crippen LogP contribution in [0.1, 0.15) is 20.9 Å². The van der Waals surface area contributed by atoms with E-state index < -0.39 is 0 Å². The van der Waals surface area contributed by atoms with Crippen LogP contribution >= 0.6 is 11.3 Å². The second-order valence-corrected chi connectivity index (χ2v) is 5.15. The highest BCUT2D eigenvalue weighted by Crippen LogP contribution is 2.14. The lowest BCUT2D eigenvalue weighted by molar-refractivity contribution is 0.0951. The number of hydrogen-bond acceptors (Lipinski definition) is 4. The maximum absolute atomic E-state index is 12.1. The van der Waals surface area contributed by atoms with Crippen LogP contribution in [0, 0.1) is 6.92 Å². The zero-order valence-corrected chi connectivity index (χ0v) is 11.1. The number of carbonyl (C=O) groups is 1. The molecule has 0 atom stereocenters. The minimum atomic E-state index is -0.0932. The molecular weight excluding hydrogens is 260 g/mol. The topological polar surface area (TPSA) is 70.7 Å². The minimum absolute atomic E-state index is 0.0932. The Morgan fingerprint density at radius 2 is 2.37 bits per heavy atom. The van der Waals surface area contributed by atoms with Crippen molar-refractivity contribution in [3.63, 3.8) is 0 Å². The van der Waals surface area contributed by atoms with Gasteiger partial charge in [0.2, 0.25) is 0 Å². The summed E-state index contributed by atoms with van der Waals surface area (Å²) in [5.74, 6) is -0.0932. The molecule has 0 spiro atoms. The van der Waals surface area contributed by atoms with E-state index in [1.54, 1.807) is 35.2 Å². The minimum Gasteiger partial charge on any atom is -0.347 e. The van der Waals surface area contributed by atoms with Gasteiger partial charge in [-0.05, 0) is 19.1 Å². The third kappa shape index (κ3) is 2.34. The molecule has 5 nitrogen and oxygen atoms in total. The summed E-state index contributed by atoms with van der Waals surface area (Å²) in [6.07, 6.45) is 1.73. The smallest absolute Gasteiger partial charge is 0.251 e. The van der Waals surface area contributed by atoms with Crippen molar-refractivity contribution in [2.75, 3.05) is 0 Å². The van der Waals surface area contributed by atoms with Gasteiger partial charge in [0.25, 0.3) is 5.91 Å². The van der Waals surface area contributed by atoms with E-state index in [0.29, 0.717) is 12.1 Å². The maximum atomic E-state index is 12.1. The van der Waals surface area contributed by atoms with E-state index in [1.807, 2.05) is 13.0 Å². The highest BCUT2D eigenvalue weighted by atomic mass is 32.1. The van der Waals surface area contributed by atoms with Crippen molar-refractivity contribution in [2.24, 2.45) is 0 Å². The zero-order valence-electron chi connectivity index (χ0n) is 10.3. The summed E-state index contributed by atoms with van der Waals surface area (Å²) in [6.45, 7) is 2.45. The van der Waals surface area contributed by atoms with Gasteiger partial charge < -0.3 is 5.32 Å². The Labute approximate surface area is 113 Å². The number of H-pyrrole nitrogens is 1. The molecule has 1 aromatic carbocycles. The first-order valence-corrected chi connectivity index (χ1v) is 6.72. The number of rotatable bonds is 3. The van der Waals surface area contributed by atoms with Gasteiger partial charge in [-0.3, -0.25) is 9.89 Å². The largest absolute Gasteiger partial charge is 0.347 e. The van der Waals surface area contributed by atoms with Gasteiger partial charge >= 0.3 is 0 Å². The Balaban J connectivity index is 1.74. The van der Waals surface area contributed by atoms with Gasteiger partial charge in [0.1, 0.15) is 0 Å². The number of hydrogen-bond donors (Lipinski definition) is 2. The lowest BCUT2D eigenvalue weighted by Gasteiger charge is -2.04. The third-order valence-electron chi connectivity index (χ3n) is 2.96. The van der Waals surface area contributed by atoms with E-state index in [0.717, 1.165) is 21.5 Å². The summed E-state index contributed by atoms with van der Waals surface area (Å²) < 4.78 is 0. The first-order valence-electron chi connectivity index (χ1n) is 5.84. The molecule has 3 rings (SSSR count). The monoisotopic (exact) mass is 272 g/mol. The van der Waals surface area contributed by atoms with E-state index >= 15 is 0 Å². The molecule has 19 heavy (non-hydrogen) atoms. The summed E-state index contributed by atoms with van der Waals surface area (Å²) >= 11 is 1.55. The van der Waals surface area contributed by atoms with Crippen LogP contribution in [-0.2, 0) is 6.54 Å². The second kappa shape index (κ2) is 4.81. The molecular formula is C13H12N4OS. The number of nitrogens with one attached hydrogen (secondary N) is 2. The Morgan fingerprint density at radius 1 is 1.47 bits per heavy atom. The van der Waals surface area contributed by atoms with Crippen LogP contribution in [0.4, 0.5) is 0 Å². The first kappa shape index (κ1) is 11.9. The van der Waals surface area contributed by atoms with Crippen LogP contribution in [-0.4, -0.2) is 21.1 Å². The predicted octanol–water partition coefficient (Wildman–Crippen LogP) is 2.26. The highest BCUT2D eigenvalue weighted by molar-refractivity contribution is 7.09. The predicted molar refractivity (Wildman–Crippen MR) is 74.1 cm³/mol. The SMILES string of the molecule is Cc1ncsc1CNC(=O)c1ccc2cn[nH]c2c1. The molecule has 0 aliphatic carbocycles. The van der Waals surface area contributed by atoms with Crippen LogP contribution in [0.5, 0.6) is 0 Å². The van der Waals surface area contributed by atoms with Crippen LogP contribution in [0.2, 0.25) is 0 Å². The molecule has 0 aliphatic heterocycles. The van der Waals surface area contributed by atoms with Crippen molar-refractivity contribution in [3.8, 4) is 0 Å². The van der Waals surface area contributed by atoms with Crippen molar-refractivity contribution in [1.82, 2.24) is 20.5 Å². The lowest BCUT2D eigenvalue weighted by atomic mass is 10.1. The maximum Gasteiger partial charge on any atom is 0.251 e. The molecule has 6 heteroatoms. The molecule has 2 heterocycles. The molecule has 2 N–H and O–H groups in total. The van der Waals surface area contributed by atoms with Crippen molar-refractivity contribution in [2.45, 2.75) is 13.5 Å². The normalized spacial score (nSPS) is 10.8. The Kier molecular flexibility index (Phi) is 3.00. The number of amides is 1. The zero-order chi connectivity index (χ0) is 13.2. The number of carbonyl (C=O) groups excluding carboxylic acids is 1. The van der Waals surface area contributed by atoms with Crippen LogP contribution in [0.3, 0.4) is 0 Å². The van der Waals surface area contributed by atoms with Gasteiger partial charge in [0.05, 0.1) is 29.5 Å². The summed E-state index contributed by atoms with van der Waals surface area (Å²) in [7, 11) is 0. The number of benzene rings is 1. The fourth-order valence-corrected chi connectivity index (χ4v) is 2.55. The van der Waals surface area contributed by atoms with E-state index in [9.17, 15) is 4.79 Å². The van der Waals surface area contributed by atoms with E-state index in [4.69, 9.17) is 0 Å². The molecule has 0 radical (unpaired) electrons. The number of thiazole rings is 1. The van der Waals surface area contributed by atoms with Crippen molar-refractivity contribution >= 4 is 28.1 Å². The van der Waals surface area contributed by atoms with Crippen molar-refractivity contribution < 1.29 is 4.79 Å². The number of aromatic amines is 1. The first-order chi connectivity index (χ1) is 9.24. The second-order valence-electron chi connectivity index (χ2n) is 4.22. The molecule has 1 amide bonds. The number of aryl methyl sites for hydroxylation is 1. The lowest BCUT2D eigenvalue weighted by Crippen LogP contribution is -2.22. The average Bonchev–Trinajstić information content (AvgIpc) is 3.03. The molecule has 0 saturated carbocycles. The van der Waals surface area contributed by atoms with Crippen LogP contribution < -0.4 is 5.32 Å². The fourth-order valence-electron chi connectivity index (χ4n) is 1.84. The van der Waals surface area contributed by atoms with Gasteiger partial charge in [-0.1, -0.05) is 6.07 Å². The highest BCUT2D eigenvalue weighted by Gasteiger charge is 2.08. The summed E-state index contributed by atoms with van der Waals surface area (Å²) in [6, 6.07) is 5.48. The molecule has 2 aromatic heterocycles. The molecule has 3 aromatic rings. The van der Waals surface area contributed by atoms with Gasteiger partial charge in [-0.15, -0.1) is 11.3 Å². The van der Waals surface area contributed by atoms with Gasteiger partial charge in [0.15, 0.2) is 0 Å². The quantitative estimate of drug-likeness (QED) is 0.768. The van der Waals surface area contributed by atoms with E-state index in [1.165, 1.54) is 0 Å². The molecule has 0 fully saturated rings. The molecule has 96 valence electrons. The Bertz CT molecular complexity index is 731. The van der Waals surface area contributed by atoms with E-state index in [-0.39, 0.29) is 5.91 Å². The fraction of sp³-hybridized carbons (Fsp3) is 0.154. The van der Waals surface area contributed by atoms with Crippen LogP contribution in [0.25, 0.3) is 10.9 Å². The Morgan fingerprint density at radius 3 is 3.16 bits per heavy atom. The molecule has 0 saturated heterocycles.